The van der Waals surface area contributed by atoms with Crippen molar-refractivity contribution in [3.63, 3.8) is 0 Å². The second-order valence-corrected chi connectivity index (χ2v) is 10.4. The minimum Gasteiger partial charge on any atom is -0.514 e. The minimum absolute atomic E-state index is 0.248. The fraction of sp³-hybridized carbons (Fsp3) is 0.323. The minimum atomic E-state index is -0.305. The number of nitrogens with zero attached hydrogens (tertiary/aromatic N) is 2. The van der Waals surface area contributed by atoms with E-state index in [1.165, 1.54) is 6.20 Å². The van der Waals surface area contributed by atoms with Gasteiger partial charge in [-0.1, -0.05) is 30.3 Å². The average molecular weight is 495 g/mol. The van der Waals surface area contributed by atoms with E-state index in [0.717, 1.165) is 69.8 Å². The van der Waals surface area contributed by atoms with Crippen LogP contribution in [0.5, 0.6) is 0 Å². The molecule has 6 nitrogen and oxygen atoms in total. The number of para-hydroxylation sites is 1. The summed E-state index contributed by atoms with van der Waals surface area (Å²) < 4.78 is 12.1. The number of hydrogen-bond donors (Lipinski definition) is 1. The largest absolute Gasteiger partial charge is 0.514 e. The highest BCUT2D eigenvalue weighted by atomic mass is 16.5. The van der Waals surface area contributed by atoms with Gasteiger partial charge in [0.2, 0.25) is 0 Å². The fourth-order valence-electron chi connectivity index (χ4n) is 5.96. The molecule has 1 atom stereocenters. The van der Waals surface area contributed by atoms with Gasteiger partial charge in [0.15, 0.2) is 5.76 Å². The first kappa shape index (κ1) is 23.5. The van der Waals surface area contributed by atoms with Crippen LogP contribution in [-0.4, -0.2) is 28.4 Å². The molecule has 1 fully saturated rings. The Balaban J connectivity index is 1.39. The van der Waals surface area contributed by atoms with Crippen LogP contribution in [0.15, 0.2) is 64.3 Å². The summed E-state index contributed by atoms with van der Waals surface area (Å²) in [5, 5.41) is 10.8. The van der Waals surface area contributed by atoms with Crippen LogP contribution < -0.4 is 0 Å². The van der Waals surface area contributed by atoms with E-state index in [2.05, 4.69) is 17.1 Å². The number of furan rings is 1. The zero-order valence-electron chi connectivity index (χ0n) is 21.3. The first-order chi connectivity index (χ1) is 17.9. The summed E-state index contributed by atoms with van der Waals surface area (Å²) in [7, 11) is 0. The van der Waals surface area contributed by atoms with Crippen LogP contribution in [0.4, 0.5) is 0 Å². The standard InChI is InChI=1S/C31H30N2O4/c1-17-8-9-20-12-23(22-13-21(14-22)19(3)32-10-11-34)16-36-31(35)25-15-26(33-29(17)28(20)25)30-18(2)24-6-4-5-7-27(24)37-30/h4-11,15,21-23,34H,12-14,16H2,1-3H3/b11-10-,32-19?. The van der Waals surface area contributed by atoms with E-state index in [0.29, 0.717) is 35.5 Å². The summed E-state index contributed by atoms with van der Waals surface area (Å²) in [4.78, 5) is 22.8. The maximum absolute atomic E-state index is 13.4. The zero-order valence-corrected chi connectivity index (χ0v) is 21.3. The molecule has 1 aliphatic carbocycles. The summed E-state index contributed by atoms with van der Waals surface area (Å²) in [5.74, 6) is 1.50. The van der Waals surface area contributed by atoms with Gasteiger partial charge in [-0.05, 0) is 75.1 Å². The average Bonchev–Trinajstić information content (AvgIpc) is 3.21. The van der Waals surface area contributed by atoms with Gasteiger partial charge in [0.25, 0.3) is 0 Å². The molecule has 0 amide bonds. The highest BCUT2D eigenvalue weighted by molar-refractivity contribution is 6.07. The zero-order chi connectivity index (χ0) is 25.7. The number of aliphatic hydroxyl groups is 1. The lowest BCUT2D eigenvalue weighted by molar-refractivity contribution is 0.0296. The molecule has 0 bridgehead atoms. The smallest absolute Gasteiger partial charge is 0.338 e. The number of carbonyl (C=O) groups excluding carboxylic acids is 1. The molecule has 37 heavy (non-hydrogen) atoms. The molecular formula is C31H30N2O4. The lowest BCUT2D eigenvalue weighted by Gasteiger charge is -2.41. The van der Waals surface area contributed by atoms with Crippen molar-refractivity contribution in [3.8, 4) is 11.5 Å². The van der Waals surface area contributed by atoms with Crippen molar-refractivity contribution in [1.29, 1.82) is 0 Å². The molecule has 1 unspecified atom stereocenters. The molecule has 0 spiro atoms. The van der Waals surface area contributed by atoms with Crippen LogP contribution >= 0.6 is 0 Å². The van der Waals surface area contributed by atoms with Crippen molar-refractivity contribution < 1.29 is 19.1 Å². The van der Waals surface area contributed by atoms with E-state index in [-0.39, 0.29) is 11.9 Å². The van der Waals surface area contributed by atoms with Gasteiger partial charge in [-0.25, -0.2) is 9.78 Å². The highest BCUT2D eigenvalue weighted by Gasteiger charge is 2.38. The Morgan fingerprint density at radius 2 is 1.95 bits per heavy atom. The molecule has 1 N–H and O–H groups in total. The molecule has 1 aliphatic heterocycles. The van der Waals surface area contributed by atoms with Crippen LogP contribution in [0.1, 0.15) is 46.8 Å². The van der Waals surface area contributed by atoms with Crippen molar-refractivity contribution in [2.24, 2.45) is 22.7 Å². The number of aliphatic hydroxyl groups excluding tert-OH is 1. The molecule has 0 radical (unpaired) electrons. The number of cyclic esters (lactones) is 1. The molecule has 6 rings (SSSR count). The molecule has 2 aromatic heterocycles. The molecule has 188 valence electrons. The van der Waals surface area contributed by atoms with E-state index in [1.54, 1.807) is 0 Å². The van der Waals surface area contributed by atoms with Gasteiger partial charge < -0.3 is 14.3 Å². The van der Waals surface area contributed by atoms with Crippen molar-refractivity contribution in [1.82, 2.24) is 4.98 Å². The maximum atomic E-state index is 13.4. The van der Waals surface area contributed by atoms with Crippen molar-refractivity contribution in [2.45, 2.75) is 40.0 Å². The van der Waals surface area contributed by atoms with E-state index >= 15 is 0 Å². The quantitative estimate of drug-likeness (QED) is 0.186. The monoisotopic (exact) mass is 494 g/mol. The molecule has 0 saturated heterocycles. The number of rotatable bonds is 4. The van der Waals surface area contributed by atoms with Gasteiger partial charge in [-0.15, -0.1) is 0 Å². The Morgan fingerprint density at radius 1 is 1.14 bits per heavy atom. The van der Waals surface area contributed by atoms with E-state index in [1.807, 2.05) is 51.1 Å². The molecule has 1 saturated carbocycles. The predicted octanol–water partition coefficient (Wildman–Crippen LogP) is 7.11. The van der Waals surface area contributed by atoms with Crippen LogP contribution in [0, 0.1) is 31.6 Å². The fourth-order valence-corrected chi connectivity index (χ4v) is 5.96. The second-order valence-electron chi connectivity index (χ2n) is 10.4. The Kier molecular flexibility index (Phi) is 5.82. The van der Waals surface area contributed by atoms with Gasteiger partial charge in [0.05, 0.1) is 30.1 Å². The van der Waals surface area contributed by atoms with Gasteiger partial charge in [-0.2, -0.15) is 0 Å². The van der Waals surface area contributed by atoms with E-state index in [4.69, 9.17) is 19.2 Å². The Labute approximate surface area is 215 Å². The van der Waals surface area contributed by atoms with Crippen LogP contribution in [0.25, 0.3) is 33.3 Å². The van der Waals surface area contributed by atoms with Crippen molar-refractivity contribution in [3.05, 3.63) is 77.2 Å². The summed E-state index contributed by atoms with van der Waals surface area (Å²) in [6.07, 6.45) is 5.26. The summed E-state index contributed by atoms with van der Waals surface area (Å²) in [6.45, 7) is 6.47. The number of aryl methyl sites for hydroxylation is 2. The van der Waals surface area contributed by atoms with Gasteiger partial charge in [0.1, 0.15) is 11.3 Å². The Bertz CT molecular complexity index is 1590. The van der Waals surface area contributed by atoms with Crippen LogP contribution in [0.2, 0.25) is 0 Å². The Hall–Kier alpha value is -3.93. The number of pyridine rings is 1. The third-order valence-corrected chi connectivity index (χ3v) is 8.23. The third kappa shape index (κ3) is 4.01. The van der Waals surface area contributed by atoms with E-state index in [9.17, 15) is 4.79 Å². The normalized spacial score (nSPS) is 22.2. The van der Waals surface area contributed by atoms with E-state index < -0.39 is 0 Å². The molecule has 2 aliphatic rings. The molecular weight excluding hydrogens is 464 g/mol. The first-order valence-electron chi connectivity index (χ1n) is 12.9. The molecule has 3 heterocycles. The first-order valence-corrected chi connectivity index (χ1v) is 12.9. The third-order valence-electron chi connectivity index (χ3n) is 8.23. The van der Waals surface area contributed by atoms with Gasteiger partial charge in [-0.3, -0.25) is 4.99 Å². The maximum Gasteiger partial charge on any atom is 0.338 e. The van der Waals surface area contributed by atoms with Crippen molar-refractivity contribution >= 4 is 33.6 Å². The SMILES string of the molecule is CC(=N/C=C\O)C1CC(C2COC(=O)c3cc(-c4oc5ccccc5c4C)nc4c(C)ccc(c34)C2)C1. The van der Waals surface area contributed by atoms with Crippen LogP contribution in [-0.2, 0) is 11.2 Å². The summed E-state index contributed by atoms with van der Waals surface area (Å²) in [6, 6.07) is 14.0. The molecule has 2 aromatic carbocycles. The Morgan fingerprint density at radius 3 is 2.73 bits per heavy atom. The summed E-state index contributed by atoms with van der Waals surface area (Å²) in [5.41, 5.74) is 7.05. The molecule has 4 aromatic rings. The number of hydrogen-bond acceptors (Lipinski definition) is 6. The number of fused-ring (bicyclic) bond motifs is 1. The lowest BCUT2D eigenvalue weighted by Crippen LogP contribution is -2.37. The number of carbonyl (C=O) groups is 1. The molecule has 6 heteroatoms. The predicted molar refractivity (Wildman–Crippen MR) is 145 cm³/mol. The van der Waals surface area contributed by atoms with Gasteiger partial charge >= 0.3 is 5.97 Å². The number of esters is 1. The number of aromatic nitrogens is 1. The van der Waals surface area contributed by atoms with Crippen LogP contribution in [0.3, 0.4) is 0 Å². The highest BCUT2D eigenvalue weighted by Crippen LogP contribution is 2.43. The summed E-state index contributed by atoms with van der Waals surface area (Å²) >= 11 is 0. The van der Waals surface area contributed by atoms with Crippen molar-refractivity contribution in [2.75, 3.05) is 6.61 Å². The second kappa shape index (κ2) is 9.18. The lowest BCUT2D eigenvalue weighted by atomic mass is 9.65. The number of benzene rings is 2. The topological polar surface area (TPSA) is 84.9 Å². The number of aliphatic imine (C=N–C) groups is 1. The van der Waals surface area contributed by atoms with Gasteiger partial charge in [0, 0.05) is 28.0 Å². The number of ether oxygens (including phenoxy) is 1.